The molecule has 0 spiro atoms. The van der Waals surface area contributed by atoms with Gasteiger partial charge in [0.25, 0.3) is 0 Å². The summed E-state index contributed by atoms with van der Waals surface area (Å²) in [6, 6.07) is 0.462. The second kappa shape index (κ2) is 4.94. The van der Waals surface area contributed by atoms with Crippen molar-refractivity contribution in [3.8, 4) is 0 Å². The normalized spacial score (nSPS) is 25.1. The Kier molecular flexibility index (Phi) is 3.59. The first kappa shape index (κ1) is 10.9. The number of carbonyl (C=O) groups excluding carboxylic acids is 1. The van der Waals surface area contributed by atoms with Crippen LogP contribution in [0.2, 0.25) is 0 Å². The molecule has 2 N–H and O–H groups in total. The van der Waals surface area contributed by atoms with Crippen molar-refractivity contribution in [3.05, 3.63) is 0 Å². The molecule has 0 aromatic carbocycles. The van der Waals surface area contributed by atoms with Gasteiger partial charge in [-0.2, -0.15) is 0 Å². The van der Waals surface area contributed by atoms with Gasteiger partial charge in [0.1, 0.15) is 0 Å². The van der Waals surface area contributed by atoms with Gasteiger partial charge in [-0.25, -0.2) is 5.01 Å². The monoisotopic (exact) mass is 211 g/mol. The maximum Gasteiger partial charge on any atom is 0.237 e. The summed E-state index contributed by atoms with van der Waals surface area (Å²) in [6.45, 7) is 2.46. The molecule has 0 atom stereocenters. The topological polar surface area (TPSA) is 49.6 Å². The standard InChI is InChI=1S/C11H21N3O/c12-7-9-13-8-3-6-11(15)14(13)10-4-1-2-5-10/h10H,1-9,12H2. The predicted octanol–water partition coefficient (Wildman–Crippen LogP) is 0.727. The van der Waals surface area contributed by atoms with Crippen LogP contribution in [-0.4, -0.2) is 41.6 Å². The van der Waals surface area contributed by atoms with Gasteiger partial charge in [-0.1, -0.05) is 12.8 Å². The van der Waals surface area contributed by atoms with Crippen molar-refractivity contribution in [2.75, 3.05) is 19.6 Å². The zero-order chi connectivity index (χ0) is 10.7. The average Bonchev–Trinajstić information content (AvgIpc) is 2.71. The van der Waals surface area contributed by atoms with Crippen LogP contribution in [0.4, 0.5) is 0 Å². The Labute approximate surface area is 91.4 Å². The Morgan fingerprint density at radius 3 is 2.67 bits per heavy atom. The second-order valence-corrected chi connectivity index (χ2v) is 4.52. The van der Waals surface area contributed by atoms with Crippen LogP contribution in [0.3, 0.4) is 0 Å². The lowest BCUT2D eigenvalue weighted by atomic mass is 10.1. The minimum atomic E-state index is 0.307. The van der Waals surface area contributed by atoms with Crippen molar-refractivity contribution in [2.45, 2.75) is 44.6 Å². The minimum absolute atomic E-state index is 0.307. The van der Waals surface area contributed by atoms with Crippen molar-refractivity contribution >= 4 is 5.91 Å². The Morgan fingerprint density at radius 1 is 1.27 bits per heavy atom. The third kappa shape index (κ3) is 2.32. The van der Waals surface area contributed by atoms with Crippen LogP contribution in [0.1, 0.15) is 38.5 Å². The number of hydrogen-bond donors (Lipinski definition) is 1. The molecule has 4 heteroatoms. The molecule has 1 aliphatic carbocycles. The van der Waals surface area contributed by atoms with Gasteiger partial charge in [0.05, 0.1) is 0 Å². The molecule has 0 aromatic heterocycles. The second-order valence-electron chi connectivity index (χ2n) is 4.52. The van der Waals surface area contributed by atoms with E-state index < -0.39 is 0 Å². The maximum atomic E-state index is 11.9. The number of amides is 1. The summed E-state index contributed by atoms with van der Waals surface area (Å²) in [5, 5.41) is 4.19. The Morgan fingerprint density at radius 2 is 2.00 bits per heavy atom. The highest BCUT2D eigenvalue weighted by Crippen LogP contribution is 2.27. The van der Waals surface area contributed by atoms with E-state index in [9.17, 15) is 4.79 Å². The molecule has 1 saturated heterocycles. The van der Waals surface area contributed by atoms with Gasteiger partial charge >= 0.3 is 0 Å². The van der Waals surface area contributed by atoms with E-state index in [0.29, 0.717) is 18.5 Å². The summed E-state index contributed by atoms with van der Waals surface area (Å²) in [5.74, 6) is 0.307. The van der Waals surface area contributed by atoms with Crippen molar-refractivity contribution in [3.63, 3.8) is 0 Å². The zero-order valence-electron chi connectivity index (χ0n) is 9.32. The van der Waals surface area contributed by atoms with Gasteiger partial charge in [-0.3, -0.25) is 9.80 Å². The largest absolute Gasteiger partial charge is 0.329 e. The van der Waals surface area contributed by atoms with Crippen molar-refractivity contribution in [1.82, 2.24) is 10.0 Å². The van der Waals surface area contributed by atoms with Crippen LogP contribution in [-0.2, 0) is 4.79 Å². The van der Waals surface area contributed by atoms with Gasteiger partial charge in [-0.05, 0) is 19.3 Å². The van der Waals surface area contributed by atoms with Gasteiger partial charge in [0, 0.05) is 32.1 Å². The molecule has 4 nitrogen and oxygen atoms in total. The van der Waals surface area contributed by atoms with Crippen LogP contribution in [0.5, 0.6) is 0 Å². The van der Waals surface area contributed by atoms with Gasteiger partial charge in [0.2, 0.25) is 5.91 Å². The highest BCUT2D eigenvalue weighted by molar-refractivity contribution is 5.76. The summed E-state index contributed by atoms with van der Waals surface area (Å²) in [6.07, 6.45) is 6.59. The molecule has 1 amide bonds. The van der Waals surface area contributed by atoms with E-state index in [1.54, 1.807) is 0 Å². The smallest absolute Gasteiger partial charge is 0.237 e. The van der Waals surface area contributed by atoms with E-state index in [1.807, 2.05) is 5.01 Å². The van der Waals surface area contributed by atoms with Crippen LogP contribution < -0.4 is 5.73 Å². The van der Waals surface area contributed by atoms with E-state index in [4.69, 9.17) is 5.73 Å². The molecule has 15 heavy (non-hydrogen) atoms. The lowest BCUT2D eigenvalue weighted by Crippen LogP contribution is -2.55. The van der Waals surface area contributed by atoms with Crippen LogP contribution in [0.15, 0.2) is 0 Å². The fourth-order valence-corrected chi connectivity index (χ4v) is 2.74. The Balaban J connectivity index is 2.03. The first-order valence-corrected chi connectivity index (χ1v) is 6.10. The Hall–Kier alpha value is -0.610. The molecule has 2 fully saturated rings. The molecule has 0 unspecified atom stereocenters. The number of rotatable bonds is 3. The zero-order valence-corrected chi connectivity index (χ0v) is 9.32. The van der Waals surface area contributed by atoms with E-state index in [1.165, 1.54) is 25.7 Å². The highest BCUT2D eigenvalue weighted by Gasteiger charge is 2.33. The summed E-state index contributed by atoms with van der Waals surface area (Å²) in [4.78, 5) is 11.9. The number of hydrogen-bond acceptors (Lipinski definition) is 3. The van der Waals surface area contributed by atoms with Crippen molar-refractivity contribution in [2.24, 2.45) is 5.73 Å². The van der Waals surface area contributed by atoms with Crippen LogP contribution in [0, 0.1) is 0 Å². The van der Waals surface area contributed by atoms with Crippen molar-refractivity contribution < 1.29 is 4.79 Å². The SMILES string of the molecule is NCCN1CCCC(=O)N1C1CCCC1. The molecule has 0 radical (unpaired) electrons. The average molecular weight is 211 g/mol. The molecular formula is C11H21N3O. The molecule has 1 saturated carbocycles. The maximum absolute atomic E-state index is 11.9. The molecule has 86 valence electrons. The number of nitrogens with zero attached hydrogens (tertiary/aromatic N) is 2. The minimum Gasteiger partial charge on any atom is -0.329 e. The molecular weight excluding hydrogens is 190 g/mol. The molecule has 2 aliphatic rings. The number of hydrazine groups is 1. The summed E-state index contributed by atoms with van der Waals surface area (Å²) < 4.78 is 0. The van der Waals surface area contributed by atoms with Crippen LogP contribution in [0.25, 0.3) is 0 Å². The summed E-state index contributed by atoms with van der Waals surface area (Å²) in [5.41, 5.74) is 5.59. The molecule has 0 aromatic rings. The van der Waals surface area contributed by atoms with Crippen LogP contribution >= 0.6 is 0 Å². The molecule has 1 heterocycles. The lowest BCUT2D eigenvalue weighted by Gasteiger charge is -2.42. The third-order valence-corrected chi connectivity index (χ3v) is 3.42. The molecule has 1 aliphatic heterocycles. The Bertz CT molecular complexity index is 224. The van der Waals surface area contributed by atoms with Crippen molar-refractivity contribution in [1.29, 1.82) is 0 Å². The quantitative estimate of drug-likeness (QED) is 0.748. The first-order valence-electron chi connectivity index (χ1n) is 6.10. The highest BCUT2D eigenvalue weighted by atomic mass is 16.2. The number of nitrogens with two attached hydrogens (primary N) is 1. The summed E-state index contributed by atoms with van der Waals surface area (Å²) in [7, 11) is 0. The van der Waals surface area contributed by atoms with Gasteiger partial charge < -0.3 is 5.73 Å². The predicted molar refractivity (Wildman–Crippen MR) is 59.0 cm³/mol. The van der Waals surface area contributed by atoms with E-state index in [0.717, 1.165) is 25.9 Å². The van der Waals surface area contributed by atoms with Gasteiger partial charge in [0.15, 0.2) is 0 Å². The van der Waals surface area contributed by atoms with E-state index in [-0.39, 0.29) is 0 Å². The van der Waals surface area contributed by atoms with E-state index >= 15 is 0 Å². The first-order chi connectivity index (χ1) is 7.33. The van der Waals surface area contributed by atoms with Gasteiger partial charge in [-0.15, -0.1) is 0 Å². The molecule has 0 bridgehead atoms. The molecule has 2 rings (SSSR count). The van der Waals surface area contributed by atoms with E-state index in [2.05, 4.69) is 5.01 Å². The lowest BCUT2D eigenvalue weighted by molar-refractivity contribution is -0.161. The number of carbonyl (C=O) groups is 1. The third-order valence-electron chi connectivity index (χ3n) is 3.42. The fraction of sp³-hybridized carbons (Fsp3) is 0.909. The summed E-state index contributed by atoms with van der Waals surface area (Å²) >= 11 is 0. The fourth-order valence-electron chi connectivity index (χ4n) is 2.74.